The molecule has 0 spiro atoms. The molecular weight excluding hydrogens is 169 g/mol. The molecule has 2 N–H and O–H groups in total. The van der Waals surface area contributed by atoms with Gasteiger partial charge in [-0.2, -0.15) is 13.2 Å². The standard InChI is InChI=1S/C7H9F3N2/c1-2-6(7(8,9)10)5-12-4-3-11/h2-5H,11H2,1H3/b4-3+,6-2+,12-5-. The van der Waals surface area contributed by atoms with Crippen molar-refractivity contribution in [2.45, 2.75) is 13.1 Å². The third-order valence-electron chi connectivity index (χ3n) is 1.02. The van der Waals surface area contributed by atoms with Crippen LogP contribution in [0.25, 0.3) is 0 Å². The number of hydrogen-bond donors (Lipinski definition) is 1. The van der Waals surface area contributed by atoms with Gasteiger partial charge < -0.3 is 5.73 Å². The molecule has 0 aromatic heterocycles. The first-order valence-corrected chi connectivity index (χ1v) is 3.15. The maximum atomic E-state index is 11.9. The molecule has 0 unspecified atom stereocenters. The zero-order chi connectivity index (χ0) is 9.61. The van der Waals surface area contributed by atoms with E-state index in [0.29, 0.717) is 6.21 Å². The van der Waals surface area contributed by atoms with Crippen molar-refractivity contribution < 1.29 is 13.2 Å². The van der Waals surface area contributed by atoms with Gasteiger partial charge in [-0.3, -0.25) is 4.99 Å². The normalized spacial score (nSPS) is 14.8. The summed E-state index contributed by atoms with van der Waals surface area (Å²) in [7, 11) is 0. The molecule has 0 aromatic carbocycles. The Morgan fingerprint density at radius 3 is 2.33 bits per heavy atom. The lowest BCUT2D eigenvalue weighted by Crippen LogP contribution is -2.12. The van der Waals surface area contributed by atoms with E-state index in [1.54, 1.807) is 0 Å². The van der Waals surface area contributed by atoms with Crippen LogP contribution in [0.15, 0.2) is 29.0 Å². The van der Waals surface area contributed by atoms with Crippen molar-refractivity contribution in [3.63, 3.8) is 0 Å². The lowest BCUT2D eigenvalue weighted by atomic mass is 10.3. The van der Waals surface area contributed by atoms with Crippen LogP contribution in [0, 0.1) is 0 Å². The monoisotopic (exact) mass is 178 g/mol. The van der Waals surface area contributed by atoms with E-state index in [2.05, 4.69) is 4.99 Å². The zero-order valence-electron chi connectivity index (χ0n) is 6.47. The van der Waals surface area contributed by atoms with Crippen molar-refractivity contribution in [1.29, 1.82) is 0 Å². The van der Waals surface area contributed by atoms with Gasteiger partial charge in [0.05, 0.1) is 5.57 Å². The number of rotatable bonds is 2. The van der Waals surface area contributed by atoms with Crippen molar-refractivity contribution in [1.82, 2.24) is 0 Å². The van der Waals surface area contributed by atoms with Gasteiger partial charge in [-0.05, 0) is 6.92 Å². The summed E-state index contributed by atoms with van der Waals surface area (Å²) < 4.78 is 35.8. The molecule has 0 heterocycles. The van der Waals surface area contributed by atoms with Crippen molar-refractivity contribution in [2.75, 3.05) is 0 Å². The smallest absolute Gasteiger partial charge is 0.403 e. The lowest BCUT2D eigenvalue weighted by molar-refractivity contribution is -0.0857. The highest BCUT2D eigenvalue weighted by Gasteiger charge is 2.31. The fourth-order valence-electron chi connectivity index (χ4n) is 0.484. The summed E-state index contributed by atoms with van der Waals surface area (Å²) in [6.07, 6.45) is -0.562. The van der Waals surface area contributed by atoms with Gasteiger partial charge in [0, 0.05) is 18.6 Å². The molecule has 0 saturated carbocycles. The second-order valence-electron chi connectivity index (χ2n) is 1.86. The van der Waals surface area contributed by atoms with Gasteiger partial charge in [0.15, 0.2) is 0 Å². The van der Waals surface area contributed by atoms with Crippen LogP contribution in [0.4, 0.5) is 13.2 Å². The van der Waals surface area contributed by atoms with Gasteiger partial charge in [-0.25, -0.2) is 0 Å². The number of alkyl halides is 3. The molecule has 0 amide bonds. The summed E-state index contributed by atoms with van der Waals surface area (Å²) in [4.78, 5) is 3.31. The van der Waals surface area contributed by atoms with Gasteiger partial charge in [-0.15, -0.1) is 0 Å². The van der Waals surface area contributed by atoms with Crippen molar-refractivity contribution in [3.8, 4) is 0 Å². The molecule has 5 heteroatoms. The van der Waals surface area contributed by atoms with E-state index >= 15 is 0 Å². The number of halogens is 3. The summed E-state index contributed by atoms with van der Waals surface area (Å²) in [5.41, 5.74) is 4.08. The van der Waals surface area contributed by atoms with Crippen LogP contribution in [0.5, 0.6) is 0 Å². The van der Waals surface area contributed by atoms with Crippen LogP contribution in [-0.2, 0) is 0 Å². The Hall–Kier alpha value is -1.26. The van der Waals surface area contributed by atoms with Crippen LogP contribution < -0.4 is 5.73 Å². The molecule has 0 aromatic rings. The molecular formula is C7H9F3N2. The number of aliphatic imine (C=N–C) groups is 1. The second-order valence-corrected chi connectivity index (χ2v) is 1.86. The molecule has 0 bridgehead atoms. The first kappa shape index (κ1) is 10.7. The number of nitrogens with zero attached hydrogens (tertiary/aromatic N) is 1. The molecule has 0 aliphatic carbocycles. The molecule has 0 aliphatic heterocycles. The fraction of sp³-hybridized carbons (Fsp3) is 0.286. The summed E-state index contributed by atoms with van der Waals surface area (Å²) in [5, 5.41) is 0. The van der Waals surface area contributed by atoms with Crippen LogP contribution in [0.1, 0.15) is 6.92 Å². The van der Waals surface area contributed by atoms with Gasteiger partial charge in [0.1, 0.15) is 0 Å². The van der Waals surface area contributed by atoms with Crippen molar-refractivity contribution >= 4 is 6.21 Å². The zero-order valence-corrected chi connectivity index (χ0v) is 6.47. The van der Waals surface area contributed by atoms with E-state index in [1.165, 1.54) is 6.92 Å². The van der Waals surface area contributed by atoms with Crippen LogP contribution in [-0.4, -0.2) is 12.4 Å². The molecule has 2 nitrogen and oxygen atoms in total. The average Bonchev–Trinajstić information content (AvgIpc) is 1.95. The van der Waals surface area contributed by atoms with Gasteiger partial charge in [-0.1, -0.05) is 6.08 Å². The highest BCUT2D eigenvalue weighted by molar-refractivity contribution is 5.80. The third kappa shape index (κ3) is 3.80. The predicted molar refractivity (Wildman–Crippen MR) is 41.6 cm³/mol. The Labute approximate surface area is 68.3 Å². The van der Waals surface area contributed by atoms with Crippen LogP contribution in [0.3, 0.4) is 0 Å². The topological polar surface area (TPSA) is 38.4 Å². The molecule has 0 saturated heterocycles. The lowest BCUT2D eigenvalue weighted by Gasteiger charge is -2.04. The minimum absolute atomic E-state index is 0.712. The molecule has 0 atom stereocenters. The van der Waals surface area contributed by atoms with E-state index in [-0.39, 0.29) is 0 Å². The fourth-order valence-corrected chi connectivity index (χ4v) is 0.484. The van der Waals surface area contributed by atoms with Gasteiger partial charge >= 0.3 is 6.18 Å². The Kier molecular flexibility index (Phi) is 4.10. The predicted octanol–water partition coefficient (Wildman–Crippen LogP) is 2.00. The highest BCUT2D eigenvalue weighted by atomic mass is 19.4. The molecule has 0 fully saturated rings. The quantitative estimate of drug-likeness (QED) is 0.645. The molecule has 0 radical (unpaired) electrons. The van der Waals surface area contributed by atoms with E-state index < -0.39 is 11.7 Å². The summed E-state index contributed by atoms with van der Waals surface area (Å²) >= 11 is 0. The van der Waals surface area contributed by atoms with Crippen molar-refractivity contribution in [3.05, 3.63) is 24.0 Å². The number of hydrogen-bond acceptors (Lipinski definition) is 2. The molecule has 12 heavy (non-hydrogen) atoms. The Morgan fingerprint density at radius 1 is 1.42 bits per heavy atom. The minimum Gasteiger partial charge on any atom is -0.403 e. The van der Waals surface area contributed by atoms with E-state index in [4.69, 9.17) is 5.73 Å². The summed E-state index contributed by atoms with van der Waals surface area (Å²) in [6, 6.07) is 0. The molecule has 0 rings (SSSR count). The Morgan fingerprint density at radius 2 is 2.00 bits per heavy atom. The Bertz CT molecular complexity index is 213. The van der Waals surface area contributed by atoms with E-state index in [0.717, 1.165) is 18.5 Å². The van der Waals surface area contributed by atoms with Gasteiger partial charge in [0.2, 0.25) is 0 Å². The summed E-state index contributed by atoms with van der Waals surface area (Å²) in [6.45, 7) is 1.29. The third-order valence-corrected chi connectivity index (χ3v) is 1.02. The highest BCUT2D eigenvalue weighted by Crippen LogP contribution is 2.23. The summed E-state index contributed by atoms with van der Waals surface area (Å²) in [5.74, 6) is 0. The SMILES string of the molecule is C\C=C(/C=N\C=C\N)C(F)(F)F. The van der Waals surface area contributed by atoms with E-state index in [1.807, 2.05) is 0 Å². The van der Waals surface area contributed by atoms with E-state index in [9.17, 15) is 13.2 Å². The number of allylic oxidation sites excluding steroid dienone is 2. The Balaban J connectivity index is 4.41. The molecule has 68 valence electrons. The first-order chi connectivity index (χ1) is 5.52. The molecule has 0 aliphatic rings. The first-order valence-electron chi connectivity index (χ1n) is 3.15. The average molecular weight is 178 g/mol. The van der Waals surface area contributed by atoms with Crippen LogP contribution in [0.2, 0.25) is 0 Å². The van der Waals surface area contributed by atoms with Crippen LogP contribution >= 0.6 is 0 Å². The minimum atomic E-state index is -4.35. The van der Waals surface area contributed by atoms with Gasteiger partial charge in [0.25, 0.3) is 0 Å². The largest absolute Gasteiger partial charge is 0.417 e. The second kappa shape index (κ2) is 4.58. The maximum absolute atomic E-state index is 11.9. The number of nitrogens with two attached hydrogens (primary N) is 1. The maximum Gasteiger partial charge on any atom is 0.417 e. The van der Waals surface area contributed by atoms with Crippen molar-refractivity contribution in [2.24, 2.45) is 10.7 Å².